The van der Waals surface area contributed by atoms with E-state index in [9.17, 15) is 14.9 Å². The number of hydrogen-bond donors (Lipinski definition) is 3. The van der Waals surface area contributed by atoms with Crippen molar-refractivity contribution in [3.05, 3.63) is 27.9 Å². The van der Waals surface area contributed by atoms with Crippen LogP contribution in [0.25, 0.3) is 0 Å². The molecule has 1 aliphatic heterocycles. The number of carbonyl (C=O) groups excluding carboxylic acids is 1. The summed E-state index contributed by atoms with van der Waals surface area (Å²) in [4.78, 5) is 24.0. The van der Waals surface area contributed by atoms with Crippen LogP contribution in [0, 0.1) is 10.1 Å². The van der Waals surface area contributed by atoms with Gasteiger partial charge in [0.2, 0.25) is 0 Å². The molecule has 2 heterocycles. The first kappa shape index (κ1) is 12.5. The van der Waals surface area contributed by atoms with Gasteiger partial charge in [-0.3, -0.25) is 4.79 Å². The van der Waals surface area contributed by atoms with E-state index in [0.717, 1.165) is 6.54 Å². The second-order valence-electron chi connectivity index (χ2n) is 3.95. The summed E-state index contributed by atoms with van der Waals surface area (Å²) in [7, 11) is 0. The standard InChI is InChI=1S/C10H14N4O4/c15-10(8-1-2-9(13-8)14(16)17)12-5-7-6-18-4-3-11-7/h1-2,7,11,13H,3-6H2,(H,12,15). The van der Waals surface area contributed by atoms with Gasteiger partial charge in [0.15, 0.2) is 5.69 Å². The van der Waals surface area contributed by atoms with Crippen molar-refractivity contribution in [3.63, 3.8) is 0 Å². The van der Waals surface area contributed by atoms with Gasteiger partial charge in [0.25, 0.3) is 5.91 Å². The molecule has 0 aromatic carbocycles. The van der Waals surface area contributed by atoms with Crippen molar-refractivity contribution in [3.8, 4) is 0 Å². The Bertz CT molecular complexity index is 439. The Morgan fingerprint density at radius 3 is 3.06 bits per heavy atom. The van der Waals surface area contributed by atoms with Crippen molar-refractivity contribution < 1.29 is 14.5 Å². The summed E-state index contributed by atoms with van der Waals surface area (Å²) in [5.74, 6) is -0.560. The van der Waals surface area contributed by atoms with E-state index in [-0.39, 0.29) is 23.5 Å². The average Bonchev–Trinajstić information content (AvgIpc) is 2.87. The third kappa shape index (κ3) is 3.05. The molecule has 0 spiro atoms. The summed E-state index contributed by atoms with van der Waals surface area (Å²) >= 11 is 0. The van der Waals surface area contributed by atoms with E-state index in [1.54, 1.807) is 0 Å². The number of hydrogen-bond acceptors (Lipinski definition) is 5. The van der Waals surface area contributed by atoms with Crippen molar-refractivity contribution in [1.29, 1.82) is 0 Å². The van der Waals surface area contributed by atoms with Crippen LogP contribution in [0.3, 0.4) is 0 Å². The van der Waals surface area contributed by atoms with E-state index in [1.807, 2.05) is 0 Å². The lowest BCUT2D eigenvalue weighted by molar-refractivity contribution is -0.389. The predicted molar refractivity (Wildman–Crippen MR) is 62.4 cm³/mol. The highest BCUT2D eigenvalue weighted by Gasteiger charge is 2.18. The number of H-pyrrole nitrogens is 1. The fourth-order valence-electron chi connectivity index (χ4n) is 1.68. The Morgan fingerprint density at radius 1 is 1.61 bits per heavy atom. The van der Waals surface area contributed by atoms with Gasteiger partial charge >= 0.3 is 5.82 Å². The van der Waals surface area contributed by atoms with E-state index < -0.39 is 4.92 Å². The molecule has 1 fully saturated rings. The van der Waals surface area contributed by atoms with Gasteiger partial charge in [0.1, 0.15) is 0 Å². The third-order valence-corrected chi connectivity index (χ3v) is 2.62. The van der Waals surface area contributed by atoms with Gasteiger partial charge in [-0.05, 0) is 11.0 Å². The molecule has 1 saturated heterocycles. The lowest BCUT2D eigenvalue weighted by Gasteiger charge is -2.23. The van der Waals surface area contributed by atoms with Gasteiger partial charge < -0.3 is 25.5 Å². The zero-order chi connectivity index (χ0) is 13.0. The molecule has 8 heteroatoms. The van der Waals surface area contributed by atoms with Crippen LogP contribution in [-0.2, 0) is 4.74 Å². The quantitative estimate of drug-likeness (QED) is 0.502. The van der Waals surface area contributed by atoms with Crippen LogP contribution >= 0.6 is 0 Å². The molecule has 3 N–H and O–H groups in total. The highest BCUT2D eigenvalue weighted by Crippen LogP contribution is 2.09. The van der Waals surface area contributed by atoms with E-state index in [2.05, 4.69) is 15.6 Å². The molecular formula is C10H14N4O4. The zero-order valence-corrected chi connectivity index (χ0v) is 9.64. The first-order chi connectivity index (χ1) is 8.66. The second-order valence-corrected chi connectivity index (χ2v) is 3.95. The molecule has 1 unspecified atom stereocenters. The Hall–Kier alpha value is -1.93. The van der Waals surface area contributed by atoms with E-state index in [0.29, 0.717) is 19.8 Å². The molecule has 8 nitrogen and oxygen atoms in total. The number of nitro groups is 1. The van der Waals surface area contributed by atoms with Crippen LogP contribution in [0.4, 0.5) is 5.82 Å². The van der Waals surface area contributed by atoms with Gasteiger partial charge in [0, 0.05) is 25.2 Å². The molecule has 2 rings (SSSR count). The van der Waals surface area contributed by atoms with Crippen molar-refractivity contribution in [2.24, 2.45) is 0 Å². The molecule has 0 bridgehead atoms. The first-order valence-corrected chi connectivity index (χ1v) is 5.59. The Kier molecular flexibility index (Phi) is 3.90. The lowest BCUT2D eigenvalue weighted by atomic mass is 10.2. The van der Waals surface area contributed by atoms with Crippen molar-refractivity contribution in [1.82, 2.24) is 15.6 Å². The minimum absolute atomic E-state index is 0.0765. The van der Waals surface area contributed by atoms with Gasteiger partial charge in [-0.2, -0.15) is 0 Å². The van der Waals surface area contributed by atoms with Crippen LogP contribution in [-0.4, -0.2) is 48.2 Å². The monoisotopic (exact) mass is 254 g/mol. The number of nitrogens with zero attached hydrogens (tertiary/aromatic N) is 1. The predicted octanol–water partition coefficient (Wildman–Crippen LogP) is -0.359. The highest BCUT2D eigenvalue weighted by atomic mass is 16.6. The maximum absolute atomic E-state index is 11.7. The number of carbonyl (C=O) groups is 1. The number of amides is 1. The number of nitrogens with one attached hydrogen (secondary N) is 3. The summed E-state index contributed by atoms with van der Waals surface area (Å²) in [6.45, 7) is 2.40. The fourth-order valence-corrected chi connectivity index (χ4v) is 1.68. The molecule has 1 aliphatic rings. The number of aromatic amines is 1. The third-order valence-electron chi connectivity index (χ3n) is 2.62. The topological polar surface area (TPSA) is 109 Å². The highest BCUT2D eigenvalue weighted by molar-refractivity contribution is 5.92. The van der Waals surface area contributed by atoms with E-state index in [4.69, 9.17) is 4.74 Å². The van der Waals surface area contributed by atoms with Crippen LogP contribution in [0.15, 0.2) is 12.1 Å². The van der Waals surface area contributed by atoms with Gasteiger partial charge in [-0.25, -0.2) is 4.98 Å². The minimum Gasteiger partial charge on any atom is -0.378 e. The smallest absolute Gasteiger partial charge is 0.321 e. The van der Waals surface area contributed by atoms with Crippen molar-refractivity contribution >= 4 is 11.7 Å². The van der Waals surface area contributed by atoms with Crippen molar-refractivity contribution in [2.45, 2.75) is 6.04 Å². The second kappa shape index (κ2) is 5.61. The number of aromatic nitrogens is 1. The molecule has 1 atom stereocenters. The van der Waals surface area contributed by atoms with Gasteiger partial charge in [-0.1, -0.05) is 0 Å². The lowest BCUT2D eigenvalue weighted by Crippen LogP contribution is -2.48. The average molecular weight is 254 g/mol. The number of morpholine rings is 1. The summed E-state index contributed by atoms with van der Waals surface area (Å²) < 4.78 is 5.24. The SMILES string of the molecule is O=C(NCC1COCCN1)c1ccc([N+](=O)[O-])[nH]1. The summed E-state index contributed by atoms with van der Waals surface area (Å²) in [5, 5.41) is 16.3. The molecule has 1 aromatic heterocycles. The molecular weight excluding hydrogens is 240 g/mol. The summed E-state index contributed by atoms with van der Waals surface area (Å²) in [6.07, 6.45) is 0. The van der Waals surface area contributed by atoms with Crippen LogP contribution in [0.1, 0.15) is 10.5 Å². The van der Waals surface area contributed by atoms with Crippen LogP contribution < -0.4 is 10.6 Å². The normalized spacial score (nSPS) is 19.4. The maximum Gasteiger partial charge on any atom is 0.321 e. The molecule has 98 valence electrons. The van der Waals surface area contributed by atoms with Crippen molar-refractivity contribution in [2.75, 3.05) is 26.3 Å². The molecule has 0 saturated carbocycles. The molecule has 0 radical (unpaired) electrons. The van der Waals surface area contributed by atoms with Gasteiger partial charge in [-0.15, -0.1) is 0 Å². The fraction of sp³-hybridized carbons (Fsp3) is 0.500. The molecule has 0 aliphatic carbocycles. The Labute approximate surface area is 103 Å². The largest absolute Gasteiger partial charge is 0.378 e. The summed E-state index contributed by atoms with van der Waals surface area (Å²) in [5.41, 5.74) is 0.179. The van der Waals surface area contributed by atoms with Crippen LogP contribution in [0.2, 0.25) is 0 Å². The molecule has 1 amide bonds. The Balaban J connectivity index is 1.84. The number of ether oxygens (including phenoxy) is 1. The van der Waals surface area contributed by atoms with E-state index in [1.165, 1.54) is 12.1 Å². The van der Waals surface area contributed by atoms with Crippen LogP contribution in [0.5, 0.6) is 0 Å². The first-order valence-electron chi connectivity index (χ1n) is 5.59. The van der Waals surface area contributed by atoms with E-state index >= 15 is 0 Å². The number of rotatable bonds is 4. The Morgan fingerprint density at radius 2 is 2.44 bits per heavy atom. The molecule has 1 aromatic rings. The summed E-state index contributed by atoms with van der Waals surface area (Å²) in [6, 6.07) is 2.72. The zero-order valence-electron chi connectivity index (χ0n) is 9.64. The molecule has 18 heavy (non-hydrogen) atoms. The minimum atomic E-state index is -0.576. The van der Waals surface area contributed by atoms with Gasteiger partial charge in [0.05, 0.1) is 13.2 Å². The maximum atomic E-state index is 11.7.